The van der Waals surface area contributed by atoms with Crippen molar-refractivity contribution in [2.75, 3.05) is 20.2 Å². The van der Waals surface area contributed by atoms with Gasteiger partial charge in [-0.05, 0) is 37.3 Å². The van der Waals surface area contributed by atoms with Crippen molar-refractivity contribution in [3.63, 3.8) is 0 Å². The van der Waals surface area contributed by atoms with Crippen molar-refractivity contribution in [3.05, 3.63) is 48.5 Å². The number of aliphatic hydroxyl groups is 1. The van der Waals surface area contributed by atoms with Crippen molar-refractivity contribution in [1.82, 2.24) is 14.5 Å². The molecular formula is C20H25N3O3. The molecule has 6 heteroatoms. The second-order valence-corrected chi connectivity index (χ2v) is 7.39. The molecule has 2 fully saturated rings. The maximum absolute atomic E-state index is 13.0. The smallest absolute Gasteiger partial charge is 0.228 e. The number of nitrogens with zero attached hydrogens (tertiary/aromatic N) is 3. The molecule has 2 aromatic rings. The number of imidazole rings is 1. The molecule has 1 saturated carbocycles. The minimum absolute atomic E-state index is 0.108. The molecule has 26 heavy (non-hydrogen) atoms. The van der Waals surface area contributed by atoms with Crippen LogP contribution in [0.15, 0.2) is 42.7 Å². The number of benzene rings is 1. The van der Waals surface area contributed by atoms with Crippen LogP contribution in [0.1, 0.15) is 31.2 Å². The van der Waals surface area contributed by atoms with Crippen LogP contribution < -0.4 is 0 Å². The fourth-order valence-corrected chi connectivity index (χ4v) is 4.04. The zero-order chi connectivity index (χ0) is 18.1. The molecule has 2 heterocycles. The van der Waals surface area contributed by atoms with Gasteiger partial charge in [0.05, 0.1) is 12.0 Å². The van der Waals surface area contributed by atoms with E-state index in [9.17, 15) is 9.90 Å². The number of carbonyl (C=O) groups is 1. The Morgan fingerprint density at radius 3 is 2.85 bits per heavy atom. The van der Waals surface area contributed by atoms with Gasteiger partial charge in [0.2, 0.25) is 5.91 Å². The van der Waals surface area contributed by atoms with E-state index in [1.165, 1.54) is 0 Å². The summed E-state index contributed by atoms with van der Waals surface area (Å²) in [6, 6.07) is 9.98. The van der Waals surface area contributed by atoms with Crippen LogP contribution in [0.25, 0.3) is 5.69 Å². The first-order valence-corrected chi connectivity index (χ1v) is 9.27. The summed E-state index contributed by atoms with van der Waals surface area (Å²) in [5.41, 5.74) is 1.01. The summed E-state index contributed by atoms with van der Waals surface area (Å²) in [5, 5.41) is 9.45. The van der Waals surface area contributed by atoms with Gasteiger partial charge in [0.1, 0.15) is 11.9 Å². The van der Waals surface area contributed by atoms with Gasteiger partial charge in [-0.25, -0.2) is 4.98 Å². The standard InChI is InChI=1S/C20H25N3O3/c1-22(13-14-11-16(24)12-14)20(25)17-7-10-26-18(17)19-21-8-9-23(19)15-5-3-2-4-6-15/h2-6,8-9,14,16-18,24H,7,10-13H2,1H3/t14?,16?,17-,18-/m1/s1. The lowest BCUT2D eigenvalue weighted by Crippen LogP contribution is -2.42. The largest absolute Gasteiger partial charge is 0.393 e. The molecule has 1 N–H and O–H groups in total. The molecule has 0 radical (unpaired) electrons. The minimum Gasteiger partial charge on any atom is -0.393 e. The van der Waals surface area contributed by atoms with Crippen LogP contribution in [-0.2, 0) is 9.53 Å². The molecule has 1 aliphatic carbocycles. The summed E-state index contributed by atoms with van der Waals surface area (Å²) < 4.78 is 7.93. The van der Waals surface area contributed by atoms with Crippen molar-refractivity contribution in [1.29, 1.82) is 0 Å². The van der Waals surface area contributed by atoms with E-state index in [-0.39, 0.29) is 24.0 Å². The highest BCUT2D eigenvalue weighted by molar-refractivity contribution is 5.79. The summed E-state index contributed by atoms with van der Waals surface area (Å²) in [7, 11) is 1.85. The topological polar surface area (TPSA) is 67.6 Å². The SMILES string of the molecule is CN(CC1CC(O)C1)C(=O)[C@@H]1CCO[C@H]1c1nccn1-c1ccccc1. The molecule has 1 amide bonds. The van der Waals surface area contributed by atoms with E-state index in [0.717, 1.165) is 24.4 Å². The van der Waals surface area contributed by atoms with E-state index in [1.807, 2.05) is 48.1 Å². The van der Waals surface area contributed by atoms with Crippen molar-refractivity contribution in [3.8, 4) is 5.69 Å². The molecule has 1 aliphatic heterocycles. The van der Waals surface area contributed by atoms with Crippen LogP contribution in [-0.4, -0.2) is 51.8 Å². The summed E-state index contributed by atoms with van der Waals surface area (Å²) >= 11 is 0. The van der Waals surface area contributed by atoms with Crippen LogP contribution in [0.5, 0.6) is 0 Å². The number of hydrogen-bond acceptors (Lipinski definition) is 4. The number of amides is 1. The molecule has 2 aliphatic rings. The Balaban J connectivity index is 1.50. The Morgan fingerprint density at radius 2 is 2.12 bits per heavy atom. The first-order chi connectivity index (χ1) is 12.6. The lowest BCUT2D eigenvalue weighted by atomic mass is 9.82. The highest BCUT2D eigenvalue weighted by Crippen LogP contribution is 2.36. The van der Waals surface area contributed by atoms with Crippen molar-refractivity contribution < 1.29 is 14.6 Å². The van der Waals surface area contributed by atoms with E-state index < -0.39 is 0 Å². The van der Waals surface area contributed by atoms with Crippen molar-refractivity contribution in [2.45, 2.75) is 31.5 Å². The monoisotopic (exact) mass is 355 g/mol. The Hall–Kier alpha value is -2.18. The first kappa shape index (κ1) is 17.2. The van der Waals surface area contributed by atoms with Gasteiger partial charge >= 0.3 is 0 Å². The predicted octanol–water partition coefficient (Wildman–Crippen LogP) is 2.18. The fourth-order valence-electron chi connectivity index (χ4n) is 4.04. The fraction of sp³-hybridized carbons (Fsp3) is 0.500. The second-order valence-electron chi connectivity index (χ2n) is 7.39. The van der Waals surface area contributed by atoms with E-state index in [0.29, 0.717) is 25.5 Å². The minimum atomic E-state index is -0.327. The maximum atomic E-state index is 13.0. The molecule has 0 bridgehead atoms. The average molecular weight is 355 g/mol. The van der Waals surface area contributed by atoms with Gasteiger partial charge in [-0.15, -0.1) is 0 Å². The normalized spacial score (nSPS) is 27.9. The summed E-state index contributed by atoms with van der Waals surface area (Å²) in [5.74, 6) is 1.08. The molecule has 6 nitrogen and oxygen atoms in total. The summed E-state index contributed by atoms with van der Waals surface area (Å²) in [6.45, 7) is 1.27. The van der Waals surface area contributed by atoms with E-state index in [2.05, 4.69) is 4.98 Å². The predicted molar refractivity (Wildman–Crippen MR) is 96.7 cm³/mol. The zero-order valence-corrected chi connectivity index (χ0v) is 15.0. The van der Waals surface area contributed by atoms with Crippen molar-refractivity contribution >= 4 is 5.91 Å². The van der Waals surface area contributed by atoms with Crippen LogP contribution >= 0.6 is 0 Å². The van der Waals surface area contributed by atoms with E-state index >= 15 is 0 Å². The Kier molecular flexibility index (Phi) is 4.78. The second kappa shape index (κ2) is 7.21. The van der Waals surface area contributed by atoms with Gasteiger partial charge in [-0.2, -0.15) is 0 Å². The number of aliphatic hydroxyl groups excluding tert-OH is 1. The molecule has 0 spiro atoms. The number of rotatable bonds is 5. The molecule has 1 saturated heterocycles. The Morgan fingerprint density at radius 1 is 1.35 bits per heavy atom. The summed E-state index contributed by atoms with van der Waals surface area (Å²) in [6.07, 6.45) is 5.44. The lowest BCUT2D eigenvalue weighted by molar-refractivity contribution is -0.137. The number of carbonyl (C=O) groups excluding carboxylic acids is 1. The molecule has 1 aromatic carbocycles. The Labute approximate surface area is 153 Å². The maximum Gasteiger partial charge on any atom is 0.228 e. The third kappa shape index (κ3) is 3.27. The van der Waals surface area contributed by atoms with E-state index in [1.54, 1.807) is 11.1 Å². The molecular weight excluding hydrogens is 330 g/mol. The molecule has 1 aromatic heterocycles. The molecule has 4 rings (SSSR count). The number of aromatic nitrogens is 2. The first-order valence-electron chi connectivity index (χ1n) is 9.27. The highest BCUT2D eigenvalue weighted by Gasteiger charge is 2.40. The van der Waals surface area contributed by atoms with Gasteiger partial charge in [0, 0.05) is 38.3 Å². The number of para-hydroxylation sites is 1. The van der Waals surface area contributed by atoms with Crippen LogP contribution in [0.3, 0.4) is 0 Å². The van der Waals surface area contributed by atoms with Gasteiger partial charge in [-0.1, -0.05) is 18.2 Å². The molecule has 138 valence electrons. The van der Waals surface area contributed by atoms with Crippen LogP contribution in [0.2, 0.25) is 0 Å². The molecule has 0 unspecified atom stereocenters. The zero-order valence-electron chi connectivity index (χ0n) is 15.0. The molecule has 2 atom stereocenters. The van der Waals surface area contributed by atoms with Gasteiger partial charge in [0.25, 0.3) is 0 Å². The average Bonchev–Trinajstić information content (AvgIpc) is 3.29. The number of hydrogen-bond donors (Lipinski definition) is 1. The van der Waals surface area contributed by atoms with Gasteiger partial charge in [-0.3, -0.25) is 4.79 Å². The highest BCUT2D eigenvalue weighted by atomic mass is 16.5. The van der Waals surface area contributed by atoms with Gasteiger partial charge in [0.15, 0.2) is 0 Å². The van der Waals surface area contributed by atoms with E-state index in [4.69, 9.17) is 4.74 Å². The summed E-state index contributed by atoms with van der Waals surface area (Å²) in [4.78, 5) is 19.3. The number of ether oxygens (including phenoxy) is 1. The third-order valence-corrected chi connectivity index (χ3v) is 5.49. The Bertz CT molecular complexity index is 755. The van der Waals surface area contributed by atoms with Crippen LogP contribution in [0, 0.1) is 11.8 Å². The lowest BCUT2D eigenvalue weighted by Gasteiger charge is -2.35. The third-order valence-electron chi connectivity index (χ3n) is 5.49. The quantitative estimate of drug-likeness (QED) is 0.893. The van der Waals surface area contributed by atoms with Crippen LogP contribution in [0.4, 0.5) is 0 Å². The van der Waals surface area contributed by atoms with Gasteiger partial charge < -0.3 is 19.3 Å². The van der Waals surface area contributed by atoms with Crippen molar-refractivity contribution in [2.24, 2.45) is 11.8 Å².